The van der Waals surface area contributed by atoms with Crippen molar-refractivity contribution in [3.63, 3.8) is 0 Å². The van der Waals surface area contributed by atoms with Gasteiger partial charge in [-0.25, -0.2) is 0 Å². The van der Waals surface area contributed by atoms with Crippen LogP contribution in [0, 0.1) is 5.92 Å². The summed E-state index contributed by atoms with van der Waals surface area (Å²) >= 11 is 0. The molecule has 1 amide bonds. The van der Waals surface area contributed by atoms with Crippen molar-refractivity contribution in [1.82, 2.24) is 10.3 Å². The van der Waals surface area contributed by atoms with E-state index in [1.165, 1.54) is 12.8 Å². The lowest BCUT2D eigenvalue weighted by molar-refractivity contribution is 0.0918. The minimum Gasteiger partial charge on any atom is -0.348 e. The molecule has 0 unspecified atom stereocenters. The highest BCUT2D eigenvalue weighted by atomic mass is 16.1. The van der Waals surface area contributed by atoms with Gasteiger partial charge in [-0.2, -0.15) is 0 Å². The molecule has 1 fully saturated rings. The summed E-state index contributed by atoms with van der Waals surface area (Å²) in [6.45, 7) is 2.72. The highest BCUT2D eigenvalue weighted by Gasteiger charge is 2.20. The zero-order valence-corrected chi connectivity index (χ0v) is 10.9. The molecule has 1 aliphatic carbocycles. The lowest BCUT2D eigenvalue weighted by Gasteiger charge is -2.26. The van der Waals surface area contributed by atoms with Gasteiger partial charge in [0.05, 0.1) is 0 Å². The van der Waals surface area contributed by atoms with E-state index >= 15 is 0 Å². The fraction of sp³-hybridized carbons (Fsp3) is 0.571. The standard InChI is InChI=1S/C14H21N3O/c1-10-2-5-12(6-3-10)17-14(18)13-7-4-11(8-15)9-16-13/h4,7,9-10,12H,2-3,5-6,8,15H2,1H3,(H,17,18). The molecule has 1 aromatic rings. The van der Waals surface area contributed by atoms with Gasteiger partial charge in [-0.1, -0.05) is 13.0 Å². The molecule has 4 heteroatoms. The van der Waals surface area contributed by atoms with Crippen LogP contribution in [0.4, 0.5) is 0 Å². The van der Waals surface area contributed by atoms with Crippen molar-refractivity contribution in [3.8, 4) is 0 Å². The summed E-state index contributed by atoms with van der Waals surface area (Å²) in [5.74, 6) is 0.721. The zero-order valence-electron chi connectivity index (χ0n) is 10.9. The second kappa shape index (κ2) is 5.96. The molecule has 0 saturated heterocycles. The predicted octanol–water partition coefficient (Wildman–Crippen LogP) is 1.85. The Morgan fingerprint density at radius 1 is 1.39 bits per heavy atom. The van der Waals surface area contributed by atoms with Crippen molar-refractivity contribution < 1.29 is 4.79 Å². The molecule has 0 bridgehead atoms. The Labute approximate surface area is 108 Å². The van der Waals surface area contributed by atoms with Gasteiger partial charge in [0.15, 0.2) is 0 Å². The molecule has 18 heavy (non-hydrogen) atoms. The molecule has 98 valence electrons. The van der Waals surface area contributed by atoms with E-state index in [2.05, 4.69) is 17.2 Å². The fourth-order valence-electron chi connectivity index (χ4n) is 2.34. The Bertz CT molecular complexity index is 394. The van der Waals surface area contributed by atoms with E-state index in [4.69, 9.17) is 5.73 Å². The van der Waals surface area contributed by atoms with Crippen molar-refractivity contribution >= 4 is 5.91 Å². The molecule has 1 heterocycles. The summed E-state index contributed by atoms with van der Waals surface area (Å²) in [4.78, 5) is 16.1. The van der Waals surface area contributed by atoms with Gasteiger partial charge < -0.3 is 11.1 Å². The average molecular weight is 247 g/mol. The Morgan fingerprint density at radius 3 is 2.67 bits per heavy atom. The second-order valence-corrected chi connectivity index (χ2v) is 5.19. The Balaban J connectivity index is 1.90. The Kier molecular flexibility index (Phi) is 4.31. The van der Waals surface area contributed by atoms with Crippen LogP contribution in [0.2, 0.25) is 0 Å². The van der Waals surface area contributed by atoms with Gasteiger partial charge in [0.25, 0.3) is 5.91 Å². The molecular formula is C14H21N3O. The van der Waals surface area contributed by atoms with Gasteiger partial charge in [0.2, 0.25) is 0 Å². The van der Waals surface area contributed by atoms with Crippen molar-refractivity contribution in [2.24, 2.45) is 11.7 Å². The molecular weight excluding hydrogens is 226 g/mol. The number of hydrogen-bond donors (Lipinski definition) is 2. The molecule has 0 aliphatic heterocycles. The number of carbonyl (C=O) groups excluding carboxylic acids is 1. The van der Waals surface area contributed by atoms with Crippen LogP contribution in [0.5, 0.6) is 0 Å². The van der Waals surface area contributed by atoms with Crippen LogP contribution in [0.15, 0.2) is 18.3 Å². The molecule has 1 aromatic heterocycles. The Hall–Kier alpha value is -1.42. The van der Waals surface area contributed by atoms with Crippen LogP contribution in [-0.4, -0.2) is 16.9 Å². The number of nitrogens with one attached hydrogen (secondary N) is 1. The average Bonchev–Trinajstić information content (AvgIpc) is 2.41. The van der Waals surface area contributed by atoms with E-state index in [0.717, 1.165) is 24.3 Å². The first-order valence-electron chi connectivity index (χ1n) is 6.65. The number of aromatic nitrogens is 1. The highest BCUT2D eigenvalue weighted by molar-refractivity contribution is 5.92. The normalized spacial score (nSPS) is 23.7. The number of amides is 1. The summed E-state index contributed by atoms with van der Waals surface area (Å²) in [5, 5.41) is 3.06. The number of rotatable bonds is 3. The van der Waals surface area contributed by atoms with Gasteiger partial charge in [-0.3, -0.25) is 9.78 Å². The third kappa shape index (κ3) is 3.29. The molecule has 4 nitrogen and oxygen atoms in total. The van der Waals surface area contributed by atoms with Crippen LogP contribution in [-0.2, 0) is 6.54 Å². The second-order valence-electron chi connectivity index (χ2n) is 5.19. The monoisotopic (exact) mass is 247 g/mol. The Morgan fingerprint density at radius 2 is 2.11 bits per heavy atom. The van der Waals surface area contributed by atoms with Crippen molar-refractivity contribution in [3.05, 3.63) is 29.6 Å². The van der Waals surface area contributed by atoms with Gasteiger partial charge >= 0.3 is 0 Å². The molecule has 2 rings (SSSR count). The lowest BCUT2D eigenvalue weighted by Crippen LogP contribution is -2.37. The number of carbonyl (C=O) groups is 1. The predicted molar refractivity (Wildman–Crippen MR) is 71.0 cm³/mol. The van der Waals surface area contributed by atoms with E-state index in [9.17, 15) is 4.79 Å². The molecule has 1 saturated carbocycles. The molecule has 0 aromatic carbocycles. The molecule has 0 spiro atoms. The van der Waals surface area contributed by atoms with E-state index in [1.54, 1.807) is 12.3 Å². The maximum atomic E-state index is 12.0. The van der Waals surface area contributed by atoms with Gasteiger partial charge in [0, 0.05) is 18.8 Å². The van der Waals surface area contributed by atoms with Crippen LogP contribution >= 0.6 is 0 Å². The summed E-state index contributed by atoms with van der Waals surface area (Å²) < 4.78 is 0. The first kappa shape index (κ1) is 13.0. The van der Waals surface area contributed by atoms with Crippen molar-refractivity contribution in [2.75, 3.05) is 0 Å². The number of nitrogens with two attached hydrogens (primary N) is 1. The van der Waals surface area contributed by atoms with Crippen molar-refractivity contribution in [1.29, 1.82) is 0 Å². The first-order chi connectivity index (χ1) is 8.69. The van der Waals surface area contributed by atoms with Crippen LogP contribution < -0.4 is 11.1 Å². The maximum Gasteiger partial charge on any atom is 0.270 e. The van der Waals surface area contributed by atoms with E-state index < -0.39 is 0 Å². The fourth-order valence-corrected chi connectivity index (χ4v) is 2.34. The quantitative estimate of drug-likeness (QED) is 0.856. The van der Waals surface area contributed by atoms with Crippen LogP contribution in [0.25, 0.3) is 0 Å². The van der Waals surface area contributed by atoms with Crippen LogP contribution in [0.3, 0.4) is 0 Å². The summed E-state index contributed by atoms with van der Waals surface area (Å²) in [7, 11) is 0. The number of pyridine rings is 1. The minimum atomic E-state index is -0.0712. The summed E-state index contributed by atoms with van der Waals surface area (Å²) in [5.41, 5.74) is 6.92. The molecule has 0 radical (unpaired) electrons. The first-order valence-corrected chi connectivity index (χ1v) is 6.65. The maximum absolute atomic E-state index is 12.0. The molecule has 0 atom stereocenters. The summed E-state index contributed by atoms with van der Waals surface area (Å²) in [6, 6.07) is 3.90. The van der Waals surface area contributed by atoms with Gasteiger partial charge in [0.1, 0.15) is 5.69 Å². The summed E-state index contributed by atoms with van der Waals surface area (Å²) in [6.07, 6.45) is 6.22. The minimum absolute atomic E-state index is 0.0712. The van der Waals surface area contributed by atoms with Gasteiger partial charge in [-0.15, -0.1) is 0 Å². The third-order valence-corrected chi connectivity index (χ3v) is 3.64. The smallest absolute Gasteiger partial charge is 0.270 e. The van der Waals surface area contributed by atoms with Gasteiger partial charge in [-0.05, 0) is 43.2 Å². The SMILES string of the molecule is CC1CCC(NC(=O)c2ccc(CN)cn2)CC1. The van der Waals surface area contributed by atoms with E-state index in [-0.39, 0.29) is 5.91 Å². The van der Waals surface area contributed by atoms with E-state index in [1.807, 2.05) is 6.07 Å². The number of nitrogens with zero attached hydrogens (tertiary/aromatic N) is 1. The van der Waals surface area contributed by atoms with Crippen molar-refractivity contribution in [2.45, 2.75) is 45.2 Å². The lowest BCUT2D eigenvalue weighted by atomic mass is 9.87. The zero-order chi connectivity index (χ0) is 13.0. The molecule has 1 aliphatic rings. The van der Waals surface area contributed by atoms with Crippen LogP contribution in [0.1, 0.15) is 48.7 Å². The topological polar surface area (TPSA) is 68.0 Å². The highest BCUT2D eigenvalue weighted by Crippen LogP contribution is 2.23. The molecule has 3 N–H and O–H groups in total. The number of hydrogen-bond acceptors (Lipinski definition) is 3. The largest absolute Gasteiger partial charge is 0.348 e. The third-order valence-electron chi connectivity index (χ3n) is 3.64. The van der Waals surface area contributed by atoms with E-state index in [0.29, 0.717) is 18.3 Å².